The average molecular weight is 422 g/mol. The molecule has 2 aromatic rings. The summed E-state index contributed by atoms with van der Waals surface area (Å²) in [6, 6.07) is 8.62. The number of benzene rings is 2. The molecule has 2 aromatic carbocycles. The molecule has 0 aliphatic heterocycles. The Bertz CT molecular complexity index is 689. The number of hydrogen-bond acceptors (Lipinski definition) is 2. The molecule has 0 fully saturated rings. The average Bonchev–Trinajstić information content (AvgIpc) is 2.40. The summed E-state index contributed by atoms with van der Waals surface area (Å²) in [5, 5.41) is 13.2. The Morgan fingerprint density at radius 3 is 2.60 bits per heavy atom. The van der Waals surface area contributed by atoms with Crippen LogP contribution in [0.4, 0.5) is 11.4 Å². The molecule has 104 valence electrons. The van der Waals surface area contributed by atoms with Crippen molar-refractivity contribution in [1.82, 2.24) is 0 Å². The predicted molar refractivity (Wildman–Crippen MR) is 90.6 cm³/mol. The van der Waals surface area contributed by atoms with Gasteiger partial charge in [-0.2, -0.15) is 0 Å². The van der Waals surface area contributed by atoms with E-state index < -0.39 is 5.97 Å². The predicted octanol–water partition coefficient (Wildman–Crippen LogP) is 5.35. The molecule has 0 unspecified atom stereocenters. The van der Waals surface area contributed by atoms with Crippen LogP contribution in [0.5, 0.6) is 0 Å². The minimum Gasteiger partial charge on any atom is -0.478 e. The maximum absolute atomic E-state index is 11.3. The second-order valence-electron chi connectivity index (χ2n) is 4.17. The molecule has 0 aliphatic carbocycles. The van der Waals surface area contributed by atoms with Crippen molar-refractivity contribution in [3.8, 4) is 0 Å². The van der Waals surface area contributed by atoms with E-state index in [0.29, 0.717) is 21.4 Å². The number of halogens is 3. The van der Waals surface area contributed by atoms with Crippen molar-refractivity contribution >= 4 is 63.1 Å². The largest absolute Gasteiger partial charge is 0.478 e. The molecular formula is C14H10Cl2INO2. The van der Waals surface area contributed by atoms with E-state index in [1.54, 1.807) is 18.2 Å². The third kappa shape index (κ3) is 3.19. The first-order valence-corrected chi connectivity index (χ1v) is 7.48. The smallest absolute Gasteiger partial charge is 0.337 e. The number of aryl methyl sites for hydroxylation is 1. The van der Waals surface area contributed by atoms with Crippen LogP contribution >= 0.6 is 45.8 Å². The topological polar surface area (TPSA) is 49.3 Å². The lowest BCUT2D eigenvalue weighted by molar-refractivity contribution is 0.0698. The number of aromatic carboxylic acids is 1. The Kier molecular flexibility index (Phi) is 4.78. The molecule has 0 heterocycles. The van der Waals surface area contributed by atoms with Gasteiger partial charge in [-0.1, -0.05) is 29.3 Å². The second kappa shape index (κ2) is 6.20. The molecular weight excluding hydrogens is 412 g/mol. The van der Waals surface area contributed by atoms with Crippen molar-refractivity contribution in [2.24, 2.45) is 0 Å². The van der Waals surface area contributed by atoms with Crippen molar-refractivity contribution < 1.29 is 9.90 Å². The van der Waals surface area contributed by atoms with E-state index >= 15 is 0 Å². The molecule has 0 amide bonds. The van der Waals surface area contributed by atoms with Crippen LogP contribution in [0.15, 0.2) is 30.3 Å². The molecule has 0 bridgehead atoms. The van der Waals surface area contributed by atoms with Gasteiger partial charge in [0, 0.05) is 3.57 Å². The van der Waals surface area contributed by atoms with E-state index in [1.165, 1.54) is 0 Å². The van der Waals surface area contributed by atoms with Gasteiger partial charge >= 0.3 is 5.97 Å². The van der Waals surface area contributed by atoms with Gasteiger partial charge in [0.25, 0.3) is 0 Å². The first-order valence-electron chi connectivity index (χ1n) is 5.64. The summed E-state index contributed by atoms with van der Waals surface area (Å²) < 4.78 is 0.840. The number of nitrogens with one attached hydrogen (secondary N) is 1. The van der Waals surface area contributed by atoms with Crippen LogP contribution in [-0.2, 0) is 0 Å². The highest BCUT2D eigenvalue weighted by Gasteiger charge is 2.14. The maximum Gasteiger partial charge on any atom is 0.337 e. The van der Waals surface area contributed by atoms with Crippen molar-refractivity contribution in [1.29, 1.82) is 0 Å². The molecule has 3 nitrogen and oxygen atoms in total. The fourth-order valence-corrected chi connectivity index (χ4v) is 2.66. The lowest BCUT2D eigenvalue weighted by atomic mass is 10.1. The van der Waals surface area contributed by atoms with Gasteiger partial charge < -0.3 is 10.4 Å². The summed E-state index contributed by atoms with van der Waals surface area (Å²) in [6.45, 7) is 1.86. The molecule has 0 aliphatic rings. The van der Waals surface area contributed by atoms with Gasteiger partial charge in [-0.3, -0.25) is 0 Å². The summed E-state index contributed by atoms with van der Waals surface area (Å²) in [7, 11) is 0. The van der Waals surface area contributed by atoms with Crippen LogP contribution in [0.1, 0.15) is 15.9 Å². The van der Waals surface area contributed by atoms with Crippen LogP contribution in [0.2, 0.25) is 10.0 Å². The SMILES string of the molecule is Cc1ccc(Cl)c(Nc2ccc(I)cc2C(=O)O)c1Cl. The Hall–Kier alpha value is -0.980. The van der Waals surface area contributed by atoms with Crippen LogP contribution in [-0.4, -0.2) is 11.1 Å². The van der Waals surface area contributed by atoms with E-state index in [-0.39, 0.29) is 5.56 Å². The molecule has 2 N–H and O–H groups in total. The summed E-state index contributed by atoms with van der Waals surface area (Å²) >= 11 is 14.4. The highest BCUT2D eigenvalue weighted by atomic mass is 127. The van der Waals surface area contributed by atoms with E-state index in [9.17, 15) is 9.90 Å². The summed E-state index contributed by atoms with van der Waals surface area (Å²) in [6.07, 6.45) is 0. The molecule has 0 aromatic heterocycles. The van der Waals surface area contributed by atoms with Crippen LogP contribution in [0.25, 0.3) is 0 Å². The molecule has 0 atom stereocenters. The Morgan fingerprint density at radius 2 is 1.95 bits per heavy atom. The lowest BCUT2D eigenvalue weighted by Gasteiger charge is -2.14. The van der Waals surface area contributed by atoms with Gasteiger partial charge in [-0.05, 0) is 59.3 Å². The van der Waals surface area contributed by atoms with Gasteiger partial charge in [-0.25, -0.2) is 4.79 Å². The Labute approximate surface area is 140 Å². The minimum absolute atomic E-state index is 0.172. The molecule has 0 spiro atoms. The molecule has 0 saturated heterocycles. The zero-order valence-electron chi connectivity index (χ0n) is 10.4. The zero-order valence-corrected chi connectivity index (χ0v) is 14.0. The van der Waals surface area contributed by atoms with Gasteiger partial charge in [-0.15, -0.1) is 0 Å². The summed E-state index contributed by atoms with van der Waals surface area (Å²) in [5.74, 6) is -1.01. The number of rotatable bonds is 3. The van der Waals surface area contributed by atoms with Crippen LogP contribution < -0.4 is 5.32 Å². The van der Waals surface area contributed by atoms with Crippen LogP contribution in [0, 0.1) is 10.5 Å². The first kappa shape index (κ1) is 15.4. The van der Waals surface area contributed by atoms with Gasteiger partial charge in [0.05, 0.1) is 27.0 Å². The first-order chi connectivity index (χ1) is 9.40. The maximum atomic E-state index is 11.3. The second-order valence-corrected chi connectivity index (χ2v) is 6.20. The highest BCUT2D eigenvalue weighted by molar-refractivity contribution is 14.1. The van der Waals surface area contributed by atoms with E-state index in [4.69, 9.17) is 23.2 Å². The Balaban J connectivity index is 2.51. The molecule has 0 saturated carbocycles. The molecule has 20 heavy (non-hydrogen) atoms. The van der Waals surface area contributed by atoms with Crippen molar-refractivity contribution in [2.75, 3.05) is 5.32 Å². The van der Waals surface area contributed by atoms with Crippen molar-refractivity contribution in [3.05, 3.63) is 55.1 Å². The van der Waals surface area contributed by atoms with Gasteiger partial charge in [0.15, 0.2) is 0 Å². The monoisotopic (exact) mass is 421 g/mol. The summed E-state index contributed by atoms with van der Waals surface area (Å²) in [5.41, 5.74) is 2.00. The van der Waals surface area contributed by atoms with Crippen molar-refractivity contribution in [3.63, 3.8) is 0 Å². The number of carboxylic acids is 1. The summed E-state index contributed by atoms with van der Waals surface area (Å²) in [4.78, 5) is 11.3. The quantitative estimate of drug-likeness (QED) is 0.657. The van der Waals surface area contributed by atoms with E-state index in [0.717, 1.165) is 9.13 Å². The van der Waals surface area contributed by atoms with Gasteiger partial charge in [0.1, 0.15) is 0 Å². The van der Waals surface area contributed by atoms with Crippen LogP contribution in [0.3, 0.4) is 0 Å². The van der Waals surface area contributed by atoms with Gasteiger partial charge in [0.2, 0.25) is 0 Å². The standard InChI is InChI=1S/C14H10Cl2INO2/c1-7-2-4-10(15)13(12(7)16)18-11-5-3-8(17)6-9(11)14(19)20/h2-6,18H,1H3,(H,19,20). The fourth-order valence-electron chi connectivity index (χ4n) is 1.71. The number of carbonyl (C=O) groups is 1. The highest BCUT2D eigenvalue weighted by Crippen LogP contribution is 2.36. The Morgan fingerprint density at radius 1 is 1.25 bits per heavy atom. The minimum atomic E-state index is -1.01. The molecule has 6 heteroatoms. The zero-order chi connectivity index (χ0) is 14.9. The normalized spacial score (nSPS) is 10.4. The molecule has 0 radical (unpaired) electrons. The third-order valence-electron chi connectivity index (χ3n) is 2.76. The number of anilines is 2. The fraction of sp³-hybridized carbons (Fsp3) is 0.0714. The number of carboxylic acid groups (broad SMARTS) is 1. The van der Waals surface area contributed by atoms with E-state index in [1.807, 2.05) is 19.1 Å². The molecule has 2 rings (SSSR count). The van der Waals surface area contributed by atoms with E-state index in [2.05, 4.69) is 27.9 Å². The third-order valence-corrected chi connectivity index (χ3v) is 4.23. The lowest BCUT2D eigenvalue weighted by Crippen LogP contribution is -2.04. The van der Waals surface area contributed by atoms with Crippen molar-refractivity contribution in [2.45, 2.75) is 6.92 Å². The number of hydrogen-bond donors (Lipinski definition) is 2.